The number of hydrogen-bond acceptors (Lipinski definition) is 1. The summed E-state index contributed by atoms with van der Waals surface area (Å²) in [5, 5.41) is 4.26. The van der Waals surface area contributed by atoms with Gasteiger partial charge in [0.25, 0.3) is 5.91 Å². The summed E-state index contributed by atoms with van der Waals surface area (Å²) >= 11 is 5.81. The molecule has 2 aromatic carbocycles. The van der Waals surface area contributed by atoms with Gasteiger partial charge in [-0.2, -0.15) is 0 Å². The first-order chi connectivity index (χ1) is 10.1. The van der Waals surface area contributed by atoms with Crippen LogP contribution in [-0.2, 0) is 6.54 Å². The summed E-state index contributed by atoms with van der Waals surface area (Å²) in [6.45, 7) is 0.403. The van der Waals surface area contributed by atoms with E-state index in [-0.39, 0.29) is 11.7 Å². The molecule has 0 aliphatic carbocycles. The lowest BCUT2D eigenvalue weighted by atomic mass is 10.2. The van der Waals surface area contributed by atoms with Gasteiger partial charge in [-0.05, 0) is 42.0 Å². The Labute approximate surface area is 125 Å². The molecule has 1 amide bonds. The number of H-pyrrole nitrogens is 1. The number of fused-ring (bicyclic) bond motifs is 1. The number of carbonyl (C=O) groups is 1. The van der Waals surface area contributed by atoms with Crippen molar-refractivity contribution in [3.63, 3.8) is 0 Å². The van der Waals surface area contributed by atoms with Crippen LogP contribution in [0.3, 0.4) is 0 Å². The van der Waals surface area contributed by atoms with Crippen molar-refractivity contribution >= 4 is 28.4 Å². The summed E-state index contributed by atoms with van der Waals surface area (Å²) < 4.78 is 13.1. The van der Waals surface area contributed by atoms with Gasteiger partial charge in [-0.15, -0.1) is 0 Å². The number of rotatable bonds is 3. The Bertz CT molecular complexity index is 796. The highest BCUT2D eigenvalue weighted by Crippen LogP contribution is 2.16. The van der Waals surface area contributed by atoms with E-state index in [1.165, 1.54) is 12.1 Å². The fourth-order valence-electron chi connectivity index (χ4n) is 2.10. The highest BCUT2D eigenvalue weighted by atomic mass is 35.5. The zero-order valence-electron chi connectivity index (χ0n) is 11.0. The normalized spacial score (nSPS) is 10.8. The van der Waals surface area contributed by atoms with Crippen molar-refractivity contribution < 1.29 is 9.18 Å². The second kappa shape index (κ2) is 5.58. The molecule has 1 aromatic heterocycles. The second-order valence-electron chi connectivity index (χ2n) is 4.72. The molecule has 0 saturated heterocycles. The summed E-state index contributed by atoms with van der Waals surface area (Å²) in [7, 11) is 0. The number of carbonyl (C=O) groups excluding carboxylic acids is 1. The van der Waals surface area contributed by atoms with Crippen LogP contribution in [0.1, 0.15) is 16.1 Å². The molecule has 21 heavy (non-hydrogen) atoms. The molecule has 0 saturated carbocycles. The molecule has 0 bridgehead atoms. The Hall–Kier alpha value is -2.33. The summed E-state index contributed by atoms with van der Waals surface area (Å²) in [6.07, 6.45) is 0. The van der Waals surface area contributed by atoms with Crippen LogP contribution in [0.5, 0.6) is 0 Å². The monoisotopic (exact) mass is 302 g/mol. The molecular formula is C16H12ClFN2O. The molecule has 3 nitrogen and oxygen atoms in total. The molecule has 5 heteroatoms. The third-order valence-corrected chi connectivity index (χ3v) is 3.45. The first-order valence-corrected chi connectivity index (χ1v) is 6.80. The first kappa shape index (κ1) is 13.6. The maximum absolute atomic E-state index is 13.1. The van der Waals surface area contributed by atoms with Gasteiger partial charge in [0.05, 0.1) is 0 Å². The molecule has 0 aliphatic heterocycles. The van der Waals surface area contributed by atoms with Crippen LogP contribution < -0.4 is 5.32 Å². The molecular weight excluding hydrogens is 291 g/mol. The van der Waals surface area contributed by atoms with Gasteiger partial charge < -0.3 is 10.3 Å². The van der Waals surface area contributed by atoms with Crippen LogP contribution in [0.2, 0.25) is 5.02 Å². The van der Waals surface area contributed by atoms with E-state index in [0.717, 1.165) is 10.9 Å². The minimum Gasteiger partial charge on any atom is -0.350 e. The van der Waals surface area contributed by atoms with Crippen molar-refractivity contribution in [2.75, 3.05) is 0 Å². The molecule has 0 spiro atoms. The summed E-state index contributed by atoms with van der Waals surface area (Å²) in [5.41, 5.74) is 1.96. The van der Waals surface area contributed by atoms with Crippen molar-refractivity contribution in [1.29, 1.82) is 0 Å². The van der Waals surface area contributed by atoms with E-state index < -0.39 is 0 Å². The largest absolute Gasteiger partial charge is 0.350 e. The minimum atomic E-state index is -0.336. The topological polar surface area (TPSA) is 44.9 Å². The maximum atomic E-state index is 13.1. The fraction of sp³-hybridized carbons (Fsp3) is 0.0625. The summed E-state index contributed by atoms with van der Waals surface area (Å²) in [4.78, 5) is 15.0. The molecule has 3 rings (SSSR count). The van der Waals surface area contributed by atoms with E-state index in [1.807, 2.05) is 12.1 Å². The molecule has 1 heterocycles. The Morgan fingerprint density at radius 2 is 1.90 bits per heavy atom. The van der Waals surface area contributed by atoms with Crippen LogP contribution in [0.15, 0.2) is 48.5 Å². The Kier molecular flexibility index (Phi) is 3.62. The van der Waals surface area contributed by atoms with E-state index in [2.05, 4.69) is 10.3 Å². The lowest BCUT2D eigenvalue weighted by molar-refractivity contribution is 0.0947. The standard InChI is InChI=1S/C16H12ClFN2O/c17-12-4-1-10(2-5-12)9-19-16(21)15-7-11-3-6-13(18)8-14(11)20-15/h1-8,20H,9H2,(H,19,21). The Morgan fingerprint density at radius 1 is 1.14 bits per heavy atom. The van der Waals surface area contributed by atoms with Gasteiger partial charge in [0, 0.05) is 22.5 Å². The predicted molar refractivity (Wildman–Crippen MR) is 80.9 cm³/mol. The van der Waals surface area contributed by atoms with E-state index in [0.29, 0.717) is 22.8 Å². The van der Waals surface area contributed by atoms with E-state index >= 15 is 0 Å². The zero-order chi connectivity index (χ0) is 14.8. The molecule has 0 fully saturated rings. The van der Waals surface area contributed by atoms with Crippen LogP contribution in [0.25, 0.3) is 10.9 Å². The average Bonchev–Trinajstić information content (AvgIpc) is 2.89. The number of nitrogens with one attached hydrogen (secondary N) is 2. The maximum Gasteiger partial charge on any atom is 0.267 e. The fourth-order valence-corrected chi connectivity index (χ4v) is 2.23. The zero-order valence-corrected chi connectivity index (χ0v) is 11.7. The number of halogens is 2. The Balaban J connectivity index is 1.73. The average molecular weight is 303 g/mol. The van der Waals surface area contributed by atoms with Gasteiger partial charge >= 0.3 is 0 Å². The number of aromatic amines is 1. The van der Waals surface area contributed by atoms with Crippen LogP contribution in [0, 0.1) is 5.82 Å². The predicted octanol–water partition coefficient (Wildman–Crippen LogP) is 3.89. The number of benzene rings is 2. The van der Waals surface area contributed by atoms with Gasteiger partial charge in [0.1, 0.15) is 11.5 Å². The van der Waals surface area contributed by atoms with Gasteiger partial charge in [-0.25, -0.2) is 4.39 Å². The number of aromatic nitrogens is 1. The second-order valence-corrected chi connectivity index (χ2v) is 5.16. The van der Waals surface area contributed by atoms with E-state index in [9.17, 15) is 9.18 Å². The first-order valence-electron chi connectivity index (χ1n) is 6.43. The van der Waals surface area contributed by atoms with Gasteiger partial charge in [0.15, 0.2) is 0 Å². The van der Waals surface area contributed by atoms with Crippen LogP contribution >= 0.6 is 11.6 Å². The lowest BCUT2D eigenvalue weighted by Gasteiger charge is -2.04. The van der Waals surface area contributed by atoms with Crippen LogP contribution in [0.4, 0.5) is 4.39 Å². The van der Waals surface area contributed by atoms with Crippen molar-refractivity contribution in [2.24, 2.45) is 0 Å². The summed E-state index contributed by atoms with van der Waals surface area (Å²) in [6, 6.07) is 13.3. The molecule has 0 atom stereocenters. The molecule has 106 valence electrons. The smallest absolute Gasteiger partial charge is 0.267 e. The lowest BCUT2D eigenvalue weighted by Crippen LogP contribution is -2.22. The van der Waals surface area contributed by atoms with Crippen molar-refractivity contribution in [3.05, 3.63) is 70.6 Å². The van der Waals surface area contributed by atoms with Gasteiger partial charge in [-0.1, -0.05) is 23.7 Å². The van der Waals surface area contributed by atoms with Crippen molar-refractivity contribution in [3.8, 4) is 0 Å². The van der Waals surface area contributed by atoms with Crippen molar-refractivity contribution in [1.82, 2.24) is 10.3 Å². The third-order valence-electron chi connectivity index (χ3n) is 3.20. The van der Waals surface area contributed by atoms with Crippen molar-refractivity contribution in [2.45, 2.75) is 6.54 Å². The SMILES string of the molecule is O=C(NCc1ccc(Cl)cc1)c1cc2ccc(F)cc2[nH]1. The molecule has 0 aliphatic rings. The Morgan fingerprint density at radius 3 is 2.67 bits per heavy atom. The number of amides is 1. The molecule has 0 unspecified atom stereocenters. The molecule has 2 N–H and O–H groups in total. The highest BCUT2D eigenvalue weighted by molar-refractivity contribution is 6.30. The van der Waals surface area contributed by atoms with E-state index in [1.54, 1.807) is 24.3 Å². The van der Waals surface area contributed by atoms with Crippen LogP contribution in [-0.4, -0.2) is 10.9 Å². The minimum absolute atomic E-state index is 0.235. The quantitative estimate of drug-likeness (QED) is 0.757. The van der Waals surface area contributed by atoms with E-state index in [4.69, 9.17) is 11.6 Å². The van der Waals surface area contributed by atoms with Gasteiger partial charge in [0.2, 0.25) is 0 Å². The van der Waals surface area contributed by atoms with Gasteiger partial charge in [-0.3, -0.25) is 4.79 Å². The highest BCUT2D eigenvalue weighted by Gasteiger charge is 2.09. The number of hydrogen-bond donors (Lipinski definition) is 2. The summed E-state index contributed by atoms with van der Waals surface area (Å²) in [5.74, 6) is -0.570. The molecule has 0 radical (unpaired) electrons. The molecule has 3 aromatic rings. The third kappa shape index (κ3) is 3.06.